The molecule has 0 N–H and O–H groups in total. The van der Waals surface area contributed by atoms with Crippen molar-refractivity contribution < 1.29 is 25.3 Å². The van der Waals surface area contributed by atoms with Gasteiger partial charge in [0.15, 0.2) is 0 Å². The van der Waals surface area contributed by atoms with E-state index in [1.807, 2.05) is 19.9 Å². The van der Waals surface area contributed by atoms with Gasteiger partial charge in [0.25, 0.3) is 0 Å². The molecular weight excluding hydrogens is 224 g/mol. The summed E-state index contributed by atoms with van der Waals surface area (Å²) in [5, 5.41) is 0. The first-order chi connectivity index (χ1) is 7.36. The summed E-state index contributed by atoms with van der Waals surface area (Å²) < 4.78 is 12.4. The number of hydrogen-bond donors (Lipinski definition) is 0. The van der Waals surface area contributed by atoms with Crippen LogP contribution in [0.15, 0.2) is 30.3 Å². The van der Waals surface area contributed by atoms with Crippen molar-refractivity contribution >= 4 is 0 Å². The molecule has 0 saturated carbocycles. The van der Waals surface area contributed by atoms with Crippen molar-refractivity contribution in [2.45, 2.75) is 25.0 Å². The van der Waals surface area contributed by atoms with Crippen LogP contribution in [0.25, 0.3) is 0 Å². The summed E-state index contributed by atoms with van der Waals surface area (Å²) in [5.41, 5.74) is 1.38. The van der Waals surface area contributed by atoms with Crippen LogP contribution in [-0.2, 0) is 31.7 Å². The van der Waals surface area contributed by atoms with E-state index >= 15 is 0 Å². The van der Waals surface area contributed by atoms with E-state index in [2.05, 4.69) is 24.3 Å². The third-order valence-corrected chi connectivity index (χ3v) is 5.01. The number of benzene rings is 1. The van der Waals surface area contributed by atoms with Crippen molar-refractivity contribution in [3.8, 4) is 0 Å². The van der Waals surface area contributed by atoms with Crippen LogP contribution >= 0.6 is 0 Å². The third kappa shape index (κ3) is 5.48. The van der Waals surface area contributed by atoms with E-state index in [9.17, 15) is 0 Å². The quantitative estimate of drug-likeness (QED) is 0.685. The molecule has 0 aromatic heterocycles. The second kappa shape index (κ2) is 8.06. The van der Waals surface area contributed by atoms with E-state index < -0.39 is 18.6 Å². The maximum absolute atomic E-state index is 5.65. The van der Waals surface area contributed by atoms with Gasteiger partial charge in [-0.3, -0.25) is 0 Å². The van der Waals surface area contributed by atoms with Crippen LogP contribution in [0.3, 0.4) is 0 Å². The molecular formula is C12H19O2Ti. The minimum absolute atomic E-state index is 0.782. The summed E-state index contributed by atoms with van der Waals surface area (Å²) in [6.45, 7) is 5.64. The second-order valence-corrected chi connectivity index (χ2v) is 6.07. The van der Waals surface area contributed by atoms with Gasteiger partial charge in [0.05, 0.1) is 0 Å². The molecule has 0 atom stereocenters. The van der Waals surface area contributed by atoms with Gasteiger partial charge in [-0.25, -0.2) is 0 Å². The van der Waals surface area contributed by atoms with Gasteiger partial charge >= 0.3 is 99.4 Å². The molecule has 1 aromatic rings. The van der Waals surface area contributed by atoms with Gasteiger partial charge in [0.2, 0.25) is 0 Å². The molecule has 0 radical (unpaired) electrons. The van der Waals surface area contributed by atoms with Crippen LogP contribution in [0, 0.1) is 0 Å². The topological polar surface area (TPSA) is 18.5 Å². The van der Waals surface area contributed by atoms with Crippen LogP contribution in [0.1, 0.15) is 19.4 Å². The molecule has 0 heterocycles. The van der Waals surface area contributed by atoms with Gasteiger partial charge < -0.3 is 0 Å². The molecule has 3 heteroatoms. The fraction of sp³-hybridized carbons (Fsp3) is 0.500. The molecule has 15 heavy (non-hydrogen) atoms. The molecule has 0 unspecified atom stereocenters. The van der Waals surface area contributed by atoms with E-state index in [0.717, 1.165) is 24.4 Å². The van der Waals surface area contributed by atoms with Crippen LogP contribution < -0.4 is 0 Å². The first-order valence-electron chi connectivity index (χ1n) is 5.52. The fourth-order valence-corrected chi connectivity index (χ4v) is 3.76. The molecule has 83 valence electrons. The van der Waals surface area contributed by atoms with E-state index in [1.165, 1.54) is 5.56 Å². The fourth-order valence-electron chi connectivity index (χ4n) is 1.40. The van der Waals surface area contributed by atoms with E-state index in [4.69, 9.17) is 6.64 Å². The molecule has 0 aliphatic rings. The summed E-state index contributed by atoms with van der Waals surface area (Å²) in [6, 6.07) is 10.5. The Morgan fingerprint density at radius 3 is 2.13 bits per heavy atom. The van der Waals surface area contributed by atoms with Crippen molar-refractivity contribution in [3.63, 3.8) is 0 Å². The minimum atomic E-state index is -1.67. The maximum atomic E-state index is 5.65. The monoisotopic (exact) mass is 243 g/mol. The Kier molecular flexibility index (Phi) is 6.94. The predicted octanol–water partition coefficient (Wildman–Crippen LogP) is 3.17. The first-order valence-corrected chi connectivity index (χ1v) is 7.90. The molecule has 0 bridgehead atoms. The molecule has 0 amide bonds. The summed E-state index contributed by atoms with van der Waals surface area (Å²) in [4.78, 5) is 0. The zero-order valence-electron chi connectivity index (χ0n) is 9.53. The van der Waals surface area contributed by atoms with E-state index in [-0.39, 0.29) is 0 Å². The Balaban J connectivity index is 2.33. The Labute approximate surface area is 99.4 Å². The number of rotatable bonds is 7. The zero-order chi connectivity index (χ0) is 10.9. The first kappa shape index (κ1) is 12.9. The van der Waals surface area contributed by atoms with Gasteiger partial charge in [-0.05, 0) is 0 Å². The molecule has 0 saturated heterocycles. The molecule has 0 aliphatic heterocycles. The zero-order valence-corrected chi connectivity index (χ0v) is 11.1. The van der Waals surface area contributed by atoms with Crippen LogP contribution in [0.4, 0.5) is 0 Å². The van der Waals surface area contributed by atoms with Crippen molar-refractivity contribution in [3.05, 3.63) is 35.9 Å². The van der Waals surface area contributed by atoms with Crippen molar-refractivity contribution in [1.29, 1.82) is 0 Å². The summed E-state index contributed by atoms with van der Waals surface area (Å²) >= 11 is -1.67. The summed E-state index contributed by atoms with van der Waals surface area (Å²) in [6.07, 6.45) is 1.08. The average Bonchev–Trinajstić information content (AvgIpc) is 2.28. The Hall–Kier alpha value is -0.146. The molecule has 0 fully saturated rings. The second-order valence-electron chi connectivity index (χ2n) is 3.22. The molecule has 1 rings (SSSR count). The summed E-state index contributed by atoms with van der Waals surface area (Å²) in [7, 11) is 0. The Morgan fingerprint density at radius 2 is 1.60 bits per heavy atom. The van der Waals surface area contributed by atoms with Gasteiger partial charge in [0.1, 0.15) is 0 Å². The normalized spacial score (nSPS) is 10.3. The summed E-state index contributed by atoms with van der Waals surface area (Å²) in [5.74, 6) is 0. The predicted molar refractivity (Wildman–Crippen MR) is 58.2 cm³/mol. The average molecular weight is 243 g/mol. The van der Waals surface area contributed by atoms with Crippen LogP contribution in [0.2, 0.25) is 4.73 Å². The van der Waals surface area contributed by atoms with Crippen molar-refractivity contribution in [2.75, 3.05) is 13.2 Å². The van der Waals surface area contributed by atoms with Crippen LogP contribution in [-0.4, -0.2) is 13.2 Å². The van der Waals surface area contributed by atoms with Gasteiger partial charge in [-0.1, -0.05) is 0 Å². The standard InChI is InChI=1S/C8H9.2C2H5O.Ti/c1-2-8-6-4-3-5-7-8;2*1-2-3;/h3-7H,1-2H2;2*2H2,1H3;/q;2*-1;+2. The number of hydrogen-bond acceptors (Lipinski definition) is 2. The molecule has 1 aromatic carbocycles. The van der Waals surface area contributed by atoms with Gasteiger partial charge in [-0.2, -0.15) is 0 Å². The SMILES string of the molecule is CC[O][Ti]([CH2]Cc1ccccc1)[O]CC. The van der Waals surface area contributed by atoms with Crippen molar-refractivity contribution in [1.82, 2.24) is 0 Å². The Morgan fingerprint density at radius 1 is 1.00 bits per heavy atom. The Bertz CT molecular complexity index is 245. The number of aryl methyl sites for hydroxylation is 1. The van der Waals surface area contributed by atoms with Crippen molar-refractivity contribution in [2.24, 2.45) is 0 Å². The van der Waals surface area contributed by atoms with E-state index in [1.54, 1.807) is 0 Å². The molecule has 2 nitrogen and oxygen atoms in total. The van der Waals surface area contributed by atoms with Gasteiger partial charge in [-0.15, -0.1) is 0 Å². The van der Waals surface area contributed by atoms with Gasteiger partial charge in [0, 0.05) is 0 Å². The molecule has 0 spiro atoms. The molecule has 0 aliphatic carbocycles. The van der Waals surface area contributed by atoms with E-state index in [0.29, 0.717) is 0 Å². The third-order valence-electron chi connectivity index (χ3n) is 2.07. The van der Waals surface area contributed by atoms with Crippen LogP contribution in [0.5, 0.6) is 0 Å².